The Morgan fingerprint density at radius 2 is 1.79 bits per heavy atom. The second kappa shape index (κ2) is 9.48. The molecule has 1 unspecified atom stereocenters. The molecule has 2 aromatic rings. The molecule has 2 amide bonds. The average Bonchev–Trinajstić information content (AvgIpc) is 3.12. The molecule has 28 heavy (non-hydrogen) atoms. The van der Waals surface area contributed by atoms with Crippen molar-refractivity contribution in [2.24, 2.45) is 0 Å². The Bertz CT molecular complexity index is 782. The fourth-order valence-corrected chi connectivity index (χ4v) is 3.51. The molecule has 148 valence electrons. The molecule has 0 saturated carbocycles. The summed E-state index contributed by atoms with van der Waals surface area (Å²) < 4.78 is 0. The number of carbonyl (C=O) groups excluding carboxylic acids is 2. The number of likely N-dealkylation sites (N-methyl/N-ethyl adjacent to an activating group) is 1. The summed E-state index contributed by atoms with van der Waals surface area (Å²) in [4.78, 5) is 28.9. The molecule has 1 heterocycles. The normalized spacial score (nSPS) is 17.9. The molecule has 6 nitrogen and oxygen atoms in total. The highest BCUT2D eigenvalue weighted by atomic mass is 16.3. The van der Waals surface area contributed by atoms with Crippen LogP contribution in [0.2, 0.25) is 0 Å². The van der Waals surface area contributed by atoms with Gasteiger partial charge in [0.25, 0.3) is 0 Å². The van der Waals surface area contributed by atoms with Gasteiger partial charge in [-0.2, -0.15) is 0 Å². The lowest BCUT2D eigenvalue weighted by Crippen LogP contribution is -2.40. The molecule has 2 atom stereocenters. The van der Waals surface area contributed by atoms with E-state index in [0.717, 1.165) is 18.5 Å². The highest BCUT2D eigenvalue weighted by Crippen LogP contribution is 2.23. The highest BCUT2D eigenvalue weighted by molar-refractivity contribution is 6.03. The smallest absolute Gasteiger partial charge is 0.233 e. The Hall–Kier alpha value is -2.70. The second-order valence-electron chi connectivity index (χ2n) is 7.22. The quantitative estimate of drug-likeness (QED) is 0.722. The Balaban J connectivity index is 1.66. The van der Waals surface area contributed by atoms with E-state index in [1.165, 1.54) is 0 Å². The summed E-state index contributed by atoms with van der Waals surface area (Å²) in [6, 6.07) is 18.8. The molecule has 3 rings (SSSR count). The molecule has 2 aromatic carbocycles. The van der Waals surface area contributed by atoms with E-state index in [1.54, 1.807) is 24.1 Å². The zero-order valence-electron chi connectivity index (χ0n) is 16.1. The van der Waals surface area contributed by atoms with Crippen molar-refractivity contribution >= 4 is 17.5 Å². The minimum Gasteiger partial charge on any atom is -0.392 e. The van der Waals surface area contributed by atoms with Crippen molar-refractivity contribution in [1.82, 2.24) is 9.80 Å². The van der Waals surface area contributed by atoms with Crippen molar-refractivity contribution in [3.63, 3.8) is 0 Å². The number of nitrogens with one attached hydrogen (secondary N) is 1. The molecule has 1 fully saturated rings. The Morgan fingerprint density at radius 1 is 1.14 bits per heavy atom. The summed E-state index contributed by atoms with van der Waals surface area (Å²) in [6.45, 7) is 2.05. The summed E-state index contributed by atoms with van der Waals surface area (Å²) in [7, 11) is 1.74. The lowest BCUT2D eigenvalue weighted by molar-refractivity contribution is -0.135. The number of para-hydroxylation sites is 1. The van der Waals surface area contributed by atoms with Gasteiger partial charge in [0.15, 0.2) is 0 Å². The summed E-state index contributed by atoms with van der Waals surface area (Å²) in [5.41, 5.74) is 1.69. The van der Waals surface area contributed by atoms with Gasteiger partial charge in [0.2, 0.25) is 11.8 Å². The third-order valence-electron chi connectivity index (χ3n) is 5.09. The van der Waals surface area contributed by atoms with Crippen LogP contribution in [0.3, 0.4) is 0 Å². The first-order chi connectivity index (χ1) is 13.5. The number of hydrogen-bond donors (Lipinski definition) is 2. The fraction of sp³-hybridized carbons (Fsp3) is 0.364. The van der Waals surface area contributed by atoms with E-state index in [4.69, 9.17) is 0 Å². The zero-order valence-corrected chi connectivity index (χ0v) is 16.1. The van der Waals surface area contributed by atoms with Gasteiger partial charge in [0.1, 0.15) is 6.42 Å². The van der Waals surface area contributed by atoms with Crippen molar-refractivity contribution in [2.75, 3.05) is 32.0 Å². The molecule has 0 aliphatic carbocycles. The first kappa shape index (κ1) is 20.0. The number of carbonyl (C=O) groups is 2. The van der Waals surface area contributed by atoms with Gasteiger partial charge in [-0.25, -0.2) is 0 Å². The van der Waals surface area contributed by atoms with Crippen molar-refractivity contribution in [2.45, 2.75) is 25.0 Å². The molecule has 0 bridgehead atoms. The van der Waals surface area contributed by atoms with Crippen molar-refractivity contribution < 1.29 is 14.7 Å². The van der Waals surface area contributed by atoms with Crippen LogP contribution in [-0.2, 0) is 9.59 Å². The predicted octanol–water partition coefficient (Wildman–Crippen LogP) is 2.28. The van der Waals surface area contributed by atoms with Crippen LogP contribution in [0.15, 0.2) is 60.7 Å². The average molecular weight is 381 g/mol. The molecular formula is C22H27N3O3. The van der Waals surface area contributed by atoms with Crippen LogP contribution >= 0.6 is 0 Å². The van der Waals surface area contributed by atoms with Gasteiger partial charge in [-0.05, 0) is 24.1 Å². The van der Waals surface area contributed by atoms with Gasteiger partial charge < -0.3 is 15.3 Å². The number of anilines is 1. The van der Waals surface area contributed by atoms with Crippen molar-refractivity contribution in [1.29, 1.82) is 0 Å². The van der Waals surface area contributed by atoms with E-state index in [1.807, 2.05) is 48.5 Å². The molecule has 2 N–H and O–H groups in total. The molecule has 1 aliphatic heterocycles. The number of β-amino-alcohol motifs (C(OH)–C–C–N with tert-alkyl or cyclic N) is 1. The van der Waals surface area contributed by atoms with Gasteiger partial charge in [-0.15, -0.1) is 0 Å². The number of likely N-dealkylation sites (tertiary alicyclic amines) is 1. The topological polar surface area (TPSA) is 72.9 Å². The lowest BCUT2D eigenvalue weighted by atomic mass is 10.0. The lowest BCUT2D eigenvalue weighted by Gasteiger charge is -2.32. The van der Waals surface area contributed by atoms with E-state index in [0.29, 0.717) is 18.8 Å². The third kappa shape index (κ3) is 5.41. The first-order valence-corrected chi connectivity index (χ1v) is 9.59. The molecular weight excluding hydrogens is 354 g/mol. The zero-order chi connectivity index (χ0) is 19.9. The van der Waals surface area contributed by atoms with E-state index < -0.39 is 0 Å². The maximum atomic E-state index is 12.8. The molecule has 0 radical (unpaired) electrons. The Labute approximate surface area is 165 Å². The summed E-state index contributed by atoms with van der Waals surface area (Å²) in [6.07, 6.45) is 0.227. The maximum Gasteiger partial charge on any atom is 0.233 e. The largest absolute Gasteiger partial charge is 0.392 e. The van der Waals surface area contributed by atoms with Crippen molar-refractivity contribution in [3.8, 4) is 0 Å². The standard InChI is InChI=1S/C22H27N3O3/c1-24(22(28)14-21(27)23-18-10-6-3-7-11-18)20(17-8-4-2-5-9-17)16-25-13-12-19(26)15-25/h2-11,19-20,26H,12-16H2,1H3,(H,23,27)/t19?,20-/m1/s1. The number of rotatable bonds is 7. The summed E-state index contributed by atoms with van der Waals surface area (Å²) in [5, 5.41) is 12.6. The fourth-order valence-electron chi connectivity index (χ4n) is 3.51. The molecule has 6 heteroatoms. The highest BCUT2D eigenvalue weighted by Gasteiger charge is 2.28. The van der Waals surface area contributed by atoms with Crippen LogP contribution in [0, 0.1) is 0 Å². The third-order valence-corrected chi connectivity index (χ3v) is 5.09. The summed E-state index contributed by atoms with van der Waals surface area (Å²) in [5.74, 6) is -0.562. The van der Waals surface area contributed by atoms with Crippen LogP contribution in [0.25, 0.3) is 0 Å². The van der Waals surface area contributed by atoms with E-state index in [2.05, 4.69) is 10.2 Å². The van der Waals surface area contributed by atoms with Gasteiger partial charge in [-0.3, -0.25) is 14.5 Å². The number of hydrogen-bond acceptors (Lipinski definition) is 4. The van der Waals surface area contributed by atoms with Gasteiger partial charge in [-0.1, -0.05) is 48.5 Å². The molecule has 0 aromatic heterocycles. The Morgan fingerprint density at radius 3 is 2.39 bits per heavy atom. The van der Waals surface area contributed by atoms with Crippen LogP contribution in [-0.4, -0.2) is 59.5 Å². The summed E-state index contributed by atoms with van der Waals surface area (Å²) >= 11 is 0. The van der Waals surface area contributed by atoms with Crippen LogP contribution < -0.4 is 5.32 Å². The number of benzene rings is 2. The van der Waals surface area contributed by atoms with E-state index >= 15 is 0 Å². The Kier molecular flexibility index (Phi) is 6.79. The van der Waals surface area contributed by atoms with Gasteiger partial charge >= 0.3 is 0 Å². The second-order valence-corrected chi connectivity index (χ2v) is 7.22. The van der Waals surface area contributed by atoms with E-state index in [-0.39, 0.29) is 30.4 Å². The number of aliphatic hydroxyl groups excluding tert-OH is 1. The predicted molar refractivity (Wildman–Crippen MR) is 109 cm³/mol. The SMILES string of the molecule is CN(C(=O)CC(=O)Nc1ccccc1)[C@H](CN1CCC(O)C1)c1ccccc1. The number of amides is 2. The maximum absolute atomic E-state index is 12.8. The molecule has 1 aliphatic rings. The van der Waals surface area contributed by atoms with Crippen LogP contribution in [0.4, 0.5) is 5.69 Å². The minimum absolute atomic E-state index is 0.177. The minimum atomic E-state index is -0.327. The van der Waals surface area contributed by atoms with Crippen LogP contribution in [0.1, 0.15) is 24.4 Å². The van der Waals surface area contributed by atoms with E-state index in [9.17, 15) is 14.7 Å². The monoisotopic (exact) mass is 381 g/mol. The van der Waals surface area contributed by atoms with Gasteiger partial charge in [0, 0.05) is 32.4 Å². The van der Waals surface area contributed by atoms with Gasteiger partial charge in [0.05, 0.1) is 12.1 Å². The number of aliphatic hydroxyl groups is 1. The van der Waals surface area contributed by atoms with Crippen molar-refractivity contribution in [3.05, 3.63) is 66.2 Å². The number of nitrogens with zero attached hydrogens (tertiary/aromatic N) is 2. The molecule has 1 saturated heterocycles. The molecule has 0 spiro atoms. The van der Waals surface area contributed by atoms with Crippen LogP contribution in [0.5, 0.6) is 0 Å². The first-order valence-electron chi connectivity index (χ1n) is 9.59.